The zero-order valence-electron chi connectivity index (χ0n) is 9.78. The minimum Gasteiger partial charge on any atom is -0.331 e. The van der Waals surface area contributed by atoms with Gasteiger partial charge in [-0.3, -0.25) is 0 Å². The average molecular weight is 251 g/mol. The number of nitrogens with one attached hydrogen (secondary N) is 1. The van der Waals surface area contributed by atoms with Crippen molar-refractivity contribution in [3.63, 3.8) is 0 Å². The highest BCUT2D eigenvalue weighted by atomic mass is 35.5. The molecule has 1 saturated heterocycles. The Balaban J connectivity index is 2.07. The molecule has 0 aliphatic carbocycles. The Morgan fingerprint density at radius 1 is 1.41 bits per heavy atom. The molecule has 17 heavy (non-hydrogen) atoms. The highest BCUT2D eigenvalue weighted by Gasteiger charge is 2.20. The normalized spacial score (nSPS) is 17.8. The van der Waals surface area contributed by atoms with Gasteiger partial charge in [-0.05, 0) is 32.0 Å². The summed E-state index contributed by atoms with van der Waals surface area (Å²) in [6.45, 7) is 2.18. The lowest BCUT2D eigenvalue weighted by Gasteiger charge is -2.23. The van der Waals surface area contributed by atoms with Crippen molar-refractivity contribution < 1.29 is 0 Å². The van der Waals surface area contributed by atoms with Crippen LogP contribution in [-0.4, -0.2) is 27.6 Å². The van der Waals surface area contributed by atoms with Crippen LogP contribution in [0.5, 0.6) is 0 Å². The number of nitrogens with zero attached hydrogens (tertiary/aromatic N) is 3. The van der Waals surface area contributed by atoms with Crippen LogP contribution < -0.4 is 5.32 Å². The topological polar surface area (TPSA) is 42.7 Å². The van der Waals surface area contributed by atoms with E-state index in [1.807, 2.05) is 7.05 Å². The first-order chi connectivity index (χ1) is 8.25. The van der Waals surface area contributed by atoms with E-state index in [9.17, 15) is 0 Å². The molecule has 2 aromatic rings. The number of rotatable bonds is 1. The van der Waals surface area contributed by atoms with Gasteiger partial charge in [0.05, 0.1) is 6.20 Å². The van der Waals surface area contributed by atoms with Crippen LogP contribution in [0.4, 0.5) is 0 Å². The molecular formula is C12H15ClN4. The third kappa shape index (κ3) is 1.91. The Bertz CT molecular complexity index is 543. The van der Waals surface area contributed by atoms with Crippen LogP contribution in [0.15, 0.2) is 12.3 Å². The van der Waals surface area contributed by atoms with E-state index in [1.165, 1.54) is 18.5 Å². The van der Waals surface area contributed by atoms with E-state index in [1.54, 1.807) is 6.20 Å². The number of piperidine rings is 1. The van der Waals surface area contributed by atoms with E-state index in [0.29, 0.717) is 11.1 Å². The molecular weight excluding hydrogens is 236 g/mol. The number of halogens is 1. The first kappa shape index (κ1) is 11.0. The fraction of sp³-hybridized carbons (Fsp3) is 0.500. The van der Waals surface area contributed by atoms with E-state index < -0.39 is 0 Å². The average Bonchev–Trinajstić information content (AvgIpc) is 2.68. The molecule has 0 unspecified atom stereocenters. The zero-order valence-corrected chi connectivity index (χ0v) is 10.5. The number of aromatic nitrogens is 3. The third-order valence-corrected chi connectivity index (χ3v) is 3.68. The summed E-state index contributed by atoms with van der Waals surface area (Å²) < 4.78 is 2.13. The first-order valence-corrected chi connectivity index (χ1v) is 6.32. The molecule has 0 atom stereocenters. The third-order valence-electron chi connectivity index (χ3n) is 3.50. The maximum Gasteiger partial charge on any atom is 0.160 e. The predicted octanol–water partition coefficient (Wildman–Crippen LogP) is 2.09. The Morgan fingerprint density at radius 3 is 2.94 bits per heavy atom. The molecule has 1 N–H and O–H groups in total. The summed E-state index contributed by atoms with van der Waals surface area (Å²) in [6.07, 6.45) is 3.96. The van der Waals surface area contributed by atoms with Crippen LogP contribution in [0.2, 0.25) is 5.15 Å². The Kier molecular flexibility index (Phi) is 2.76. The number of hydrogen-bond donors (Lipinski definition) is 1. The monoisotopic (exact) mass is 250 g/mol. The smallest absolute Gasteiger partial charge is 0.160 e. The maximum absolute atomic E-state index is 5.89. The molecule has 4 nitrogen and oxygen atoms in total. The predicted molar refractivity (Wildman–Crippen MR) is 68.4 cm³/mol. The van der Waals surface area contributed by atoms with Gasteiger partial charge in [0.15, 0.2) is 5.65 Å². The van der Waals surface area contributed by atoms with Gasteiger partial charge in [-0.15, -0.1) is 0 Å². The molecule has 0 radical (unpaired) electrons. The van der Waals surface area contributed by atoms with Gasteiger partial charge in [-0.2, -0.15) is 0 Å². The van der Waals surface area contributed by atoms with E-state index in [4.69, 9.17) is 11.6 Å². The van der Waals surface area contributed by atoms with Crippen LogP contribution in [0.1, 0.15) is 24.5 Å². The molecule has 0 spiro atoms. The van der Waals surface area contributed by atoms with Crippen LogP contribution in [-0.2, 0) is 7.05 Å². The van der Waals surface area contributed by atoms with Crippen molar-refractivity contribution in [3.05, 3.63) is 23.1 Å². The van der Waals surface area contributed by atoms with Crippen molar-refractivity contribution >= 4 is 22.8 Å². The molecule has 5 heteroatoms. The van der Waals surface area contributed by atoms with Crippen LogP contribution in [0.25, 0.3) is 11.2 Å². The second-order valence-electron chi connectivity index (χ2n) is 4.55. The second-order valence-corrected chi connectivity index (χ2v) is 4.94. The largest absolute Gasteiger partial charge is 0.331 e. The fourth-order valence-corrected chi connectivity index (χ4v) is 2.71. The molecule has 0 saturated carbocycles. The van der Waals surface area contributed by atoms with Gasteiger partial charge < -0.3 is 9.88 Å². The highest BCUT2D eigenvalue weighted by molar-refractivity contribution is 6.29. The van der Waals surface area contributed by atoms with Crippen LogP contribution >= 0.6 is 11.6 Å². The summed E-state index contributed by atoms with van der Waals surface area (Å²) in [5, 5.41) is 3.84. The Labute approximate surface area is 105 Å². The van der Waals surface area contributed by atoms with Crippen molar-refractivity contribution in [1.82, 2.24) is 19.9 Å². The summed E-state index contributed by atoms with van der Waals surface area (Å²) in [7, 11) is 2.05. The van der Waals surface area contributed by atoms with Gasteiger partial charge in [0, 0.05) is 18.7 Å². The van der Waals surface area contributed by atoms with Crippen LogP contribution in [0, 0.1) is 0 Å². The zero-order chi connectivity index (χ0) is 11.8. The minimum atomic E-state index is 0.454. The molecule has 1 aliphatic heterocycles. The van der Waals surface area contributed by atoms with Crippen molar-refractivity contribution in [3.8, 4) is 0 Å². The summed E-state index contributed by atoms with van der Waals surface area (Å²) in [5.41, 5.74) is 3.14. The molecule has 1 aliphatic rings. The van der Waals surface area contributed by atoms with E-state index >= 15 is 0 Å². The molecule has 2 aromatic heterocycles. The van der Waals surface area contributed by atoms with Gasteiger partial charge in [0.1, 0.15) is 10.7 Å². The number of aryl methyl sites for hydroxylation is 1. The molecule has 0 bridgehead atoms. The second kappa shape index (κ2) is 4.27. The van der Waals surface area contributed by atoms with Gasteiger partial charge in [0.25, 0.3) is 0 Å². The first-order valence-electron chi connectivity index (χ1n) is 5.94. The number of hydrogen-bond acceptors (Lipinski definition) is 3. The quantitative estimate of drug-likeness (QED) is 0.843. The maximum atomic E-state index is 5.89. The van der Waals surface area contributed by atoms with Crippen molar-refractivity contribution in [1.29, 1.82) is 0 Å². The molecule has 0 amide bonds. The number of fused-ring (bicyclic) bond motifs is 1. The Morgan fingerprint density at radius 2 is 2.18 bits per heavy atom. The van der Waals surface area contributed by atoms with Crippen molar-refractivity contribution in [2.24, 2.45) is 7.05 Å². The van der Waals surface area contributed by atoms with Gasteiger partial charge in [-0.1, -0.05) is 11.6 Å². The van der Waals surface area contributed by atoms with Crippen molar-refractivity contribution in [2.45, 2.75) is 18.8 Å². The highest BCUT2D eigenvalue weighted by Crippen LogP contribution is 2.28. The van der Waals surface area contributed by atoms with Gasteiger partial charge in [0.2, 0.25) is 0 Å². The lowest BCUT2D eigenvalue weighted by Crippen LogP contribution is -2.27. The van der Waals surface area contributed by atoms with E-state index in [2.05, 4.69) is 25.9 Å². The molecule has 90 valence electrons. The molecule has 1 fully saturated rings. The van der Waals surface area contributed by atoms with Crippen LogP contribution in [0.3, 0.4) is 0 Å². The minimum absolute atomic E-state index is 0.454. The van der Waals surface area contributed by atoms with E-state index in [-0.39, 0.29) is 0 Å². The summed E-state index contributed by atoms with van der Waals surface area (Å²) in [5.74, 6) is 0.607. The van der Waals surface area contributed by atoms with Gasteiger partial charge >= 0.3 is 0 Å². The fourth-order valence-electron chi connectivity index (χ4n) is 2.59. The van der Waals surface area contributed by atoms with Gasteiger partial charge in [-0.25, -0.2) is 9.97 Å². The summed E-state index contributed by atoms with van der Waals surface area (Å²) in [6, 6.07) is 2.15. The summed E-state index contributed by atoms with van der Waals surface area (Å²) >= 11 is 5.89. The molecule has 3 heterocycles. The van der Waals surface area contributed by atoms with Crippen molar-refractivity contribution in [2.75, 3.05) is 13.1 Å². The summed E-state index contributed by atoms with van der Waals surface area (Å²) in [4.78, 5) is 8.67. The lowest BCUT2D eigenvalue weighted by molar-refractivity contribution is 0.446. The molecule has 0 aromatic carbocycles. The Hall–Kier alpha value is -1.13. The van der Waals surface area contributed by atoms with E-state index in [0.717, 1.165) is 24.3 Å². The standard InChI is InChI=1S/C12H15ClN4/c1-17-10(8-2-4-14-5-3-8)6-9-12(17)16-11(13)7-15-9/h6-8,14H,2-5H2,1H3. The SMILES string of the molecule is Cn1c(C2CCNCC2)cc2ncc(Cl)nc21. The lowest BCUT2D eigenvalue weighted by atomic mass is 9.95. The molecule has 3 rings (SSSR count).